The maximum absolute atomic E-state index is 3.99. The molecule has 0 saturated carbocycles. The quantitative estimate of drug-likeness (QED) is 0.869. The number of nitrogens with one attached hydrogen (secondary N) is 1. The normalized spacial score (nSPS) is 12.1. The van der Waals surface area contributed by atoms with Crippen LogP contribution >= 0.6 is 0 Å². The summed E-state index contributed by atoms with van der Waals surface area (Å²) in [4.78, 5) is 7.99. The molecule has 3 nitrogen and oxygen atoms in total. The maximum Gasteiger partial charge on any atom is 0.115 e. The lowest BCUT2D eigenvalue weighted by Crippen LogP contribution is -2.00. The zero-order valence-electron chi connectivity index (χ0n) is 10.9. The van der Waals surface area contributed by atoms with Gasteiger partial charge in [-0.2, -0.15) is 0 Å². The summed E-state index contributed by atoms with van der Waals surface area (Å²) >= 11 is 0. The van der Waals surface area contributed by atoms with Gasteiger partial charge in [-0.25, -0.2) is 9.97 Å². The molecule has 0 spiro atoms. The summed E-state index contributed by atoms with van der Waals surface area (Å²) in [5.41, 5.74) is 3.61. The predicted molar refractivity (Wildman–Crippen MR) is 74.5 cm³/mol. The van der Waals surface area contributed by atoms with Crippen LogP contribution in [0.25, 0.3) is 0 Å². The number of anilines is 1. The third-order valence-electron chi connectivity index (χ3n) is 3.20. The highest BCUT2D eigenvalue weighted by atomic mass is 14.9. The summed E-state index contributed by atoms with van der Waals surface area (Å²) in [6.07, 6.45) is 6.37. The lowest BCUT2D eigenvalue weighted by atomic mass is 9.99. The molecule has 1 aromatic carbocycles. The van der Waals surface area contributed by atoms with Gasteiger partial charge in [0.05, 0.1) is 0 Å². The van der Waals surface area contributed by atoms with Crippen LogP contribution in [0.3, 0.4) is 0 Å². The van der Waals surface area contributed by atoms with Crippen molar-refractivity contribution in [3.63, 3.8) is 0 Å². The minimum Gasteiger partial charge on any atom is -0.381 e. The Morgan fingerprint density at radius 1 is 1.11 bits per heavy atom. The van der Waals surface area contributed by atoms with Crippen molar-refractivity contribution in [1.82, 2.24) is 9.97 Å². The first-order valence-corrected chi connectivity index (χ1v) is 6.37. The van der Waals surface area contributed by atoms with Crippen LogP contribution in [0.1, 0.15) is 37.3 Å². The predicted octanol–water partition coefficient (Wildman–Crippen LogP) is 3.60. The summed E-state index contributed by atoms with van der Waals surface area (Å²) in [7, 11) is 0. The SMILES string of the molecule is CCC(C)c1ccc(NCc2cncnc2)cc1. The van der Waals surface area contributed by atoms with Gasteiger partial charge in [0.25, 0.3) is 0 Å². The average molecular weight is 241 g/mol. The van der Waals surface area contributed by atoms with Crippen LogP contribution in [0.15, 0.2) is 43.0 Å². The fourth-order valence-electron chi connectivity index (χ4n) is 1.79. The molecule has 0 fully saturated rings. The van der Waals surface area contributed by atoms with Crippen LogP contribution in [-0.4, -0.2) is 9.97 Å². The van der Waals surface area contributed by atoms with E-state index in [9.17, 15) is 0 Å². The minimum atomic E-state index is 0.626. The molecule has 0 bridgehead atoms. The molecule has 3 heteroatoms. The summed E-state index contributed by atoms with van der Waals surface area (Å²) in [5.74, 6) is 0.626. The lowest BCUT2D eigenvalue weighted by molar-refractivity contribution is 0.734. The van der Waals surface area contributed by atoms with Gasteiger partial charge in [0.1, 0.15) is 6.33 Å². The van der Waals surface area contributed by atoms with Gasteiger partial charge >= 0.3 is 0 Å². The van der Waals surface area contributed by atoms with E-state index in [0.717, 1.165) is 17.8 Å². The number of aromatic nitrogens is 2. The number of nitrogens with zero attached hydrogens (tertiary/aromatic N) is 2. The van der Waals surface area contributed by atoms with E-state index in [0.29, 0.717) is 5.92 Å². The van der Waals surface area contributed by atoms with Crippen LogP contribution in [0.5, 0.6) is 0 Å². The van der Waals surface area contributed by atoms with E-state index in [-0.39, 0.29) is 0 Å². The maximum atomic E-state index is 3.99. The van der Waals surface area contributed by atoms with E-state index in [2.05, 4.69) is 53.4 Å². The lowest BCUT2D eigenvalue weighted by Gasteiger charge is -2.11. The molecule has 0 aliphatic heterocycles. The van der Waals surface area contributed by atoms with Gasteiger partial charge in [0.15, 0.2) is 0 Å². The van der Waals surface area contributed by atoms with Crippen molar-refractivity contribution in [3.8, 4) is 0 Å². The smallest absolute Gasteiger partial charge is 0.115 e. The van der Waals surface area contributed by atoms with Gasteiger partial charge in [-0.1, -0.05) is 26.0 Å². The van der Waals surface area contributed by atoms with Crippen molar-refractivity contribution in [3.05, 3.63) is 54.1 Å². The van der Waals surface area contributed by atoms with Crippen LogP contribution in [0, 0.1) is 0 Å². The summed E-state index contributed by atoms with van der Waals surface area (Å²) < 4.78 is 0. The van der Waals surface area contributed by atoms with Gasteiger partial charge < -0.3 is 5.32 Å². The Kier molecular flexibility index (Phi) is 4.29. The third-order valence-corrected chi connectivity index (χ3v) is 3.20. The molecule has 1 aromatic heterocycles. The van der Waals surface area contributed by atoms with Crippen molar-refractivity contribution in [2.45, 2.75) is 32.7 Å². The Morgan fingerprint density at radius 2 is 1.78 bits per heavy atom. The molecule has 1 unspecified atom stereocenters. The van der Waals surface area contributed by atoms with Crippen molar-refractivity contribution >= 4 is 5.69 Å². The van der Waals surface area contributed by atoms with Crippen LogP contribution in [0.4, 0.5) is 5.69 Å². The Labute approximate surface area is 108 Å². The van der Waals surface area contributed by atoms with Crippen LogP contribution < -0.4 is 5.32 Å². The molecule has 2 aromatic rings. The molecular formula is C15H19N3. The first-order valence-electron chi connectivity index (χ1n) is 6.37. The molecule has 0 amide bonds. The third kappa shape index (κ3) is 3.29. The minimum absolute atomic E-state index is 0.626. The fraction of sp³-hybridized carbons (Fsp3) is 0.333. The molecule has 2 rings (SSSR count). The average Bonchev–Trinajstić information content (AvgIpc) is 2.46. The van der Waals surface area contributed by atoms with Gasteiger partial charge in [-0.3, -0.25) is 0 Å². The second-order valence-corrected chi connectivity index (χ2v) is 4.53. The van der Waals surface area contributed by atoms with E-state index in [1.54, 1.807) is 6.33 Å². The Bertz CT molecular complexity index is 465. The molecule has 1 heterocycles. The molecular weight excluding hydrogens is 222 g/mol. The Balaban J connectivity index is 1.94. The van der Waals surface area contributed by atoms with Crippen LogP contribution in [-0.2, 0) is 6.54 Å². The highest BCUT2D eigenvalue weighted by Gasteiger charge is 2.02. The molecule has 0 saturated heterocycles. The number of hydrogen-bond acceptors (Lipinski definition) is 3. The summed E-state index contributed by atoms with van der Waals surface area (Å²) in [6, 6.07) is 8.65. The zero-order valence-corrected chi connectivity index (χ0v) is 10.9. The monoisotopic (exact) mass is 241 g/mol. The second-order valence-electron chi connectivity index (χ2n) is 4.53. The number of benzene rings is 1. The second kappa shape index (κ2) is 6.15. The standard InChI is InChI=1S/C15H19N3/c1-3-12(2)14-4-6-15(7-5-14)18-10-13-8-16-11-17-9-13/h4-9,11-12,18H,3,10H2,1-2H3. The van der Waals surface area contributed by atoms with Gasteiger partial charge in [0, 0.05) is 30.2 Å². The van der Waals surface area contributed by atoms with E-state index in [1.807, 2.05) is 12.4 Å². The van der Waals surface area contributed by atoms with Gasteiger partial charge in [-0.05, 0) is 30.0 Å². The largest absolute Gasteiger partial charge is 0.381 e. The van der Waals surface area contributed by atoms with Crippen molar-refractivity contribution in [2.24, 2.45) is 0 Å². The van der Waals surface area contributed by atoms with E-state index in [4.69, 9.17) is 0 Å². The first-order chi connectivity index (χ1) is 8.79. The van der Waals surface area contributed by atoms with Crippen molar-refractivity contribution < 1.29 is 0 Å². The van der Waals surface area contributed by atoms with E-state index in [1.165, 1.54) is 12.0 Å². The highest BCUT2D eigenvalue weighted by molar-refractivity contribution is 5.45. The molecule has 18 heavy (non-hydrogen) atoms. The molecule has 0 radical (unpaired) electrons. The zero-order chi connectivity index (χ0) is 12.8. The van der Waals surface area contributed by atoms with Gasteiger partial charge in [0.2, 0.25) is 0 Å². The highest BCUT2D eigenvalue weighted by Crippen LogP contribution is 2.20. The molecule has 1 atom stereocenters. The van der Waals surface area contributed by atoms with Gasteiger partial charge in [-0.15, -0.1) is 0 Å². The molecule has 1 N–H and O–H groups in total. The molecule has 94 valence electrons. The summed E-state index contributed by atoms with van der Waals surface area (Å²) in [5, 5.41) is 3.37. The van der Waals surface area contributed by atoms with Crippen molar-refractivity contribution in [2.75, 3.05) is 5.32 Å². The first kappa shape index (κ1) is 12.6. The van der Waals surface area contributed by atoms with E-state index >= 15 is 0 Å². The summed E-state index contributed by atoms with van der Waals surface area (Å²) in [6.45, 7) is 5.22. The molecule has 0 aliphatic rings. The Morgan fingerprint density at radius 3 is 2.39 bits per heavy atom. The number of rotatable bonds is 5. The van der Waals surface area contributed by atoms with Crippen LogP contribution in [0.2, 0.25) is 0 Å². The van der Waals surface area contributed by atoms with Crippen molar-refractivity contribution in [1.29, 1.82) is 0 Å². The number of hydrogen-bond donors (Lipinski definition) is 1. The van der Waals surface area contributed by atoms with E-state index < -0.39 is 0 Å². The topological polar surface area (TPSA) is 37.8 Å². The fourth-order valence-corrected chi connectivity index (χ4v) is 1.79. The Hall–Kier alpha value is -1.90. The molecule has 0 aliphatic carbocycles.